The number of carbonyl (C=O) groups excluding carboxylic acids is 4. The number of benzene rings is 2. The predicted octanol–water partition coefficient (Wildman–Crippen LogP) is 2.49. The molecule has 0 aliphatic carbocycles. The molecule has 33 heavy (non-hydrogen) atoms. The Hall–Kier alpha value is -2.94. The molecule has 2 fully saturated rings. The maximum Gasteiger partial charge on any atom is 0.250 e. The fraction of sp³-hybridized carbons (Fsp3) is 0.304. The maximum atomic E-state index is 13.8. The molecule has 8 nitrogen and oxygen atoms in total. The lowest BCUT2D eigenvalue weighted by Gasteiger charge is -2.29. The minimum absolute atomic E-state index is 0.00369. The molecule has 4 N–H and O–H groups in total. The van der Waals surface area contributed by atoms with Gasteiger partial charge in [0.25, 0.3) is 0 Å². The smallest absolute Gasteiger partial charge is 0.250 e. The molecule has 0 unspecified atom stereocenters. The van der Waals surface area contributed by atoms with E-state index in [1.165, 1.54) is 6.07 Å². The third-order valence-corrected chi connectivity index (χ3v) is 7.50. The molecule has 2 saturated heterocycles. The number of anilines is 2. The normalized spacial score (nSPS) is 27.8. The van der Waals surface area contributed by atoms with Crippen LogP contribution in [0.5, 0.6) is 0 Å². The Kier molecular flexibility index (Phi) is 5.00. The first kappa shape index (κ1) is 21.9. The molecule has 0 saturated carbocycles. The van der Waals surface area contributed by atoms with Crippen molar-refractivity contribution in [2.75, 3.05) is 10.2 Å². The average Bonchev–Trinajstić information content (AvgIpc) is 3.34. The molecule has 1 spiro atoms. The van der Waals surface area contributed by atoms with Crippen LogP contribution in [0.4, 0.5) is 11.4 Å². The second kappa shape index (κ2) is 7.55. The summed E-state index contributed by atoms with van der Waals surface area (Å²) in [6.45, 7) is 1.78. The van der Waals surface area contributed by atoms with Crippen LogP contribution in [0.2, 0.25) is 10.0 Å². The summed E-state index contributed by atoms with van der Waals surface area (Å²) in [7, 11) is 0. The number of primary amides is 1. The van der Waals surface area contributed by atoms with Gasteiger partial charge >= 0.3 is 0 Å². The van der Waals surface area contributed by atoms with Gasteiger partial charge in [-0.1, -0.05) is 35.3 Å². The zero-order valence-corrected chi connectivity index (χ0v) is 19.0. The highest BCUT2D eigenvalue weighted by Crippen LogP contribution is 2.55. The summed E-state index contributed by atoms with van der Waals surface area (Å²) in [5.74, 6) is -3.78. The van der Waals surface area contributed by atoms with Crippen molar-refractivity contribution in [1.29, 1.82) is 0 Å². The van der Waals surface area contributed by atoms with Crippen molar-refractivity contribution < 1.29 is 19.2 Å². The minimum Gasteiger partial charge on any atom is -0.370 e. The molecule has 4 atom stereocenters. The van der Waals surface area contributed by atoms with Crippen LogP contribution in [-0.2, 0) is 24.7 Å². The lowest BCUT2D eigenvalue weighted by molar-refractivity contribution is -0.130. The first-order valence-electron chi connectivity index (χ1n) is 10.5. The van der Waals surface area contributed by atoms with E-state index in [-0.39, 0.29) is 12.8 Å². The van der Waals surface area contributed by atoms with Crippen molar-refractivity contribution in [3.63, 3.8) is 0 Å². The Morgan fingerprint density at radius 2 is 1.91 bits per heavy atom. The lowest BCUT2D eigenvalue weighted by atomic mass is 9.76. The Labute approximate surface area is 199 Å². The van der Waals surface area contributed by atoms with Gasteiger partial charge in [0.15, 0.2) is 0 Å². The zero-order chi connectivity index (χ0) is 23.7. The Morgan fingerprint density at radius 3 is 2.61 bits per heavy atom. The number of rotatable bonds is 4. The fourth-order valence-corrected chi connectivity index (χ4v) is 5.75. The quantitative estimate of drug-likeness (QED) is 0.573. The van der Waals surface area contributed by atoms with E-state index in [0.717, 1.165) is 4.90 Å². The first-order valence-corrected chi connectivity index (χ1v) is 11.2. The van der Waals surface area contributed by atoms with Crippen LogP contribution in [0, 0.1) is 18.8 Å². The van der Waals surface area contributed by atoms with E-state index in [1.807, 2.05) is 0 Å². The number of halogens is 2. The molecule has 0 radical (unpaired) electrons. The standard InChI is InChI=1S/C23H20Cl2N4O4/c1-10-14(25)6-5-13-19(10)27-22(33)23(13)18-17(15(28-23)7-8-16(26)30)20(31)29(21(18)32)12-4-2-3-11(24)9-12/h2-6,9,15,17-18,28H,7-8H2,1H3,(H2,26,30)(H,27,33)/t15-,17+,18-,23-/m1/s1. The van der Waals surface area contributed by atoms with Crippen molar-refractivity contribution in [1.82, 2.24) is 5.32 Å². The first-order chi connectivity index (χ1) is 15.7. The molecule has 3 heterocycles. The van der Waals surface area contributed by atoms with Gasteiger partial charge in [-0.15, -0.1) is 0 Å². The molecule has 3 aliphatic heterocycles. The number of nitrogens with two attached hydrogens (primary N) is 1. The number of nitrogens with zero attached hydrogens (tertiary/aromatic N) is 1. The molecule has 5 rings (SSSR count). The lowest BCUT2D eigenvalue weighted by Crippen LogP contribution is -2.53. The summed E-state index contributed by atoms with van der Waals surface area (Å²) in [5, 5.41) is 6.96. The number of fused-ring (bicyclic) bond motifs is 4. The zero-order valence-electron chi connectivity index (χ0n) is 17.5. The van der Waals surface area contributed by atoms with Gasteiger partial charge in [0, 0.05) is 28.1 Å². The summed E-state index contributed by atoms with van der Waals surface area (Å²) in [4.78, 5) is 53.5. The van der Waals surface area contributed by atoms with Gasteiger partial charge < -0.3 is 11.1 Å². The van der Waals surface area contributed by atoms with E-state index >= 15 is 0 Å². The van der Waals surface area contributed by atoms with Crippen molar-refractivity contribution in [2.24, 2.45) is 17.6 Å². The van der Waals surface area contributed by atoms with E-state index in [2.05, 4.69) is 10.6 Å². The predicted molar refractivity (Wildman–Crippen MR) is 123 cm³/mol. The van der Waals surface area contributed by atoms with Crippen molar-refractivity contribution in [2.45, 2.75) is 31.3 Å². The molecule has 170 valence electrons. The highest BCUT2D eigenvalue weighted by Gasteiger charge is 2.70. The summed E-state index contributed by atoms with van der Waals surface area (Å²) < 4.78 is 0. The fourth-order valence-electron chi connectivity index (χ4n) is 5.41. The third-order valence-electron chi connectivity index (χ3n) is 6.85. The van der Waals surface area contributed by atoms with Gasteiger partial charge in [-0.05, 0) is 43.2 Å². The molecule has 3 aliphatic rings. The molecule has 10 heteroatoms. The van der Waals surface area contributed by atoms with Crippen molar-refractivity contribution >= 4 is 58.2 Å². The van der Waals surface area contributed by atoms with E-state index in [0.29, 0.717) is 32.5 Å². The van der Waals surface area contributed by atoms with Gasteiger partial charge in [-0.25, -0.2) is 4.90 Å². The monoisotopic (exact) mass is 486 g/mol. The maximum absolute atomic E-state index is 13.8. The van der Waals surface area contributed by atoms with E-state index in [1.54, 1.807) is 37.3 Å². The van der Waals surface area contributed by atoms with Gasteiger partial charge in [0.05, 0.1) is 23.2 Å². The minimum atomic E-state index is -1.47. The van der Waals surface area contributed by atoms with Gasteiger partial charge in [0.1, 0.15) is 5.54 Å². The number of carbonyl (C=O) groups is 4. The van der Waals surface area contributed by atoms with Crippen LogP contribution in [0.15, 0.2) is 36.4 Å². The molecule has 2 aromatic rings. The second-order valence-electron chi connectivity index (χ2n) is 8.61. The van der Waals surface area contributed by atoms with Crippen molar-refractivity contribution in [3.05, 3.63) is 57.6 Å². The largest absolute Gasteiger partial charge is 0.370 e. The number of amides is 4. The second-order valence-corrected chi connectivity index (χ2v) is 9.45. The van der Waals surface area contributed by atoms with Crippen LogP contribution in [0.25, 0.3) is 0 Å². The number of imide groups is 1. The molecule has 0 aromatic heterocycles. The highest BCUT2D eigenvalue weighted by molar-refractivity contribution is 6.33. The number of hydrogen-bond acceptors (Lipinski definition) is 5. The van der Waals surface area contributed by atoms with E-state index in [4.69, 9.17) is 28.9 Å². The van der Waals surface area contributed by atoms with Crippen LogP contribution in [0.1, 0.15) is 24.0 Å². The van der Waals surface area contributed by atoms with Gasteiger partial charge in [-0.2, -0.15) is 0 Å². The van der Waals surface area contributed by atoms with Crippen LogP contribution < -0.4 is 21.3 Å². The number of nitrogens with one attached hydrogen (secondary N) is 2. The molecular weight excluding hydrogens is 467 g/mol. The van der Waals surface area contributed by atoms with Gasteiger partial charge in [-0.3, -0.25) is 24.5 Å². The molecule has 0 bridgehead atoms. The van der Waals surface area contributed by atoms with E-state index < -0.39 is 47.0 Å². The summed E-state index contributed by atoms with van der Waals surface area (Å²) in [5.41, 5.74) is 5.96. The summed E-state index contributed by atoms with van der Waals surface area (Å²) in [6.07, 6.45) is 0.208. The van der Waals surface area contributed by atoms with E-state index in [9.17, 15) is 19.2 Å². The third kappa shape index (κ3) is 3.01. The summed E-state index contributed by atoms with van der Waals surface area (Å²) in [6, 6.07) is 9.19. The topological polar surface area (TPSA) is 122 Å². The Morgan fingerprint density at radius 1 is 1.15 bits per heavy atom. The highest BCUT2D eigenvalue weighted by atomic mass is 35.5. The van der Waals surface area contributed by atoms with Crippen LogP contribution in [0.3, 0.4) is 0 Å². The molecular formula is C23H20Cl2N4O4. The number of hydrogen-bond donors (Lipinski definition) is 3. The Balaban J connectivity index is 1.67. The van der Waals surface area contributed by atoms with Crippen LogP contribution >= 0.6 is 23.2 Å². The van der Waals surface area contributed by atoms with Gasteiger partial charge in [0.2, 0.25) is 23.6 Å². The Bertz CT molecular complexity index is 1250. The molecule has 2 aromatic carbocycles. The molecule has 4 amide bonds. The summed E-state index contributed by atoms with van der Waals surface area (Å²) >= 11 is 12.4. The SMILES string of the molecule is Cc1c(Cl)ccc2c1NC(=O)[C@@]21N[C@H](CCC(N)=O)[C@@H]2C(=O)N(c3cccc(Cl)c3)C(=O)[C@@H]21. The van der Waals surface area contributed by atoms with Crippen LogP contribution in [-0.4, -0.2) is 29.7 Å². The van der Waals surface area contributed by atoms with Crippen molar-refractivity contribution in [3.8, 4) is 0 Å². The average molecular weight is 487 g/mol.